The fourth-order valence-corrected chi connectivity index (χ4v) is 2.45. The molecule has 0 bridgehead atoms. The van der Waals surface area contributed by atoms with E-state index in [1.54, 1.807) is 0 Å². The molecule has 1 N–H and O–H groups in total. The molecule has 2 nitrogen and oxygen atoms in total. The minimum absolute atomic E-state index is 0.249. The van der Waals surface area contributed by atoms with E-state index in [1.807, 2.05) is 25.4 Å². The highest BCUT2D eigenvalue weighted by Crippen LogP contribution is 2.19. The Morgan fingerprint density at radius 1 is 1.28 bits per heavy atom. The third-order valence-electron chi connectivity index (χ3n) is 2.97. The fraction of sp³-hybridized carbons (Fsp3) is 0.267. The Kier molecular flexibility index (Phi) is 4.50. The molecule has 1 atom stereocenters. The summed E-state index contributed by atoms with van der Waals surface area (Å²) in [6.07, 6.45) is 2.81. The molecular formula is C15H17BrN2. The van der Waals surface area contributed by atoms with E-state index in [-0.39, 0.29) is 6.04 Å². The van der Waals surface area contributed by atoms with Crippen molar-refractivity contribution in [3.63, 3.8) is 0 Å². The summed E-state index contributed by atoms with van der Waals surface area (Å²) in [6.45, 7) is 2.09. The van der Waals surface area contributed by atoms with Gasteiger partial charge in [-0.15, -0.1) is 0 Å². The fourth-order valence-electron chi connectivity index (χ4n) is 2.00. The van der Waals surface area contributed by atoms with Crippen molar-refractivity contribution in [3.05, 3.63) is 63.9 Å². The van der Waals surface area contributed by atoms with Crippen LogP contribution in [0.4, 0.5) is 0 Å². The number of hydrogen-bond donors (Lipinski definition) is 1. The zero-order valence-corrected chi connectivity index (χ0v) is 12.2. The Bertz CT molecular complexity index is 525. The lowest BCUT2D eigenvalue weighted by atomic mass is 10.0. The van der Waals surface area contributed by atoms with Crippen LogP contribution in [0.3, 0.4) is 0 Å². The van der Waals surface area contributed by atoms with Crippen molar-refractivity contribution in [2.45, 2.75) is 19.4 Å². The molecule has 3 heteroatoms. The molecule has 94 valence electrons. The van der Waals surface area contributed by atoms with E-state index in [2.05, 4.69) is 57.4 Å². The van der Waals surface area contributed by atoms with Gasteiger partial charge in [-0.1, -0.05) is 28.1 Å². The van der Waals surface area contributed by atoms with Crippen LogP contribution in [-0.2, 0) is 6.42 Å². The molecule has 2 aromatic rings. The van der Waals surface area contributed by atoms with E-state index >= 15 is 0 Å². The van der Waals surface area contributed by atoms with Gasteiger partial charge >= 0.3 is 0 Å². The molecule has 0 saturated heterocycles. The van der Waals surface area contributed by atoms with Crippen molar-refractivity contribution < 1.29 is 0 Å². The second kappa shape index (κ2) is 6.12. The van der Waals surface area contributed by atoms with Gasteiger partial charge in [0, 0.05) is 10.7 Å². The molecule has 1 heterocycles. The topological polar surface area (TPSA) is 24.9 Å². The zero-order chi connectivity index (χ0) is 13.0. The van der Waals surface area contributed by atoms with Crippen LogP contribution in [0.5, 0.6) is 0 Å². The number of benzene rings is 1. The highest BCUT2D eigenvalue weighted by Gasteiger charge is 2.11. The largest absolute Gasteiger partial charge is 0.311 e. The van der Waals surface area contributed by atoms with E-state index in [0.29, 0.717) is 0 Å². The molecule has 0 amide bonds. The highest BCUT2D eigenvalue weighted by molar-refractivity contribution is 9.10. The molecule has 1 aromatic heterocycles. The first-order valence-corrected chi connectivity index (χ1v) is 6.82. The molecular weight excluding hydrogens is 288 g/mol. The summed E-state index contributed by atoms with van der Waals surface area (Å²) in [5, 5.41) is 3.34. The summed E-state index contributed by atoms with van der Waals surface area (Å²) in [6, 6.07) is 12.8. The van der Waals surface area contributed by atoms with Gasteiger partial charge < -0.3 is 5.32 Å². The third kappa shape index (κ3) is 3.40. The predicted octanol–water partition coefficient (Wildman–Crippen LogP) is 3.66. The first kappa shape index (κ1) is 13.2. The molecule has 0 saturated carbocycles. The van der Waals surface area contributed by atoms with E-state index < -0.39 is 0 Å². The molecule has 0 aliphatic heterocycles. The second-order valence-electron chi connectivity index (χ2n) is 4.43. The molecule has 0 radical (unpaired) electrons. The van der Waals surface area contributed by atoms with Gasteiger partial charge in [0.05, 0.1) is 11.7 Å². The van der Waals surface area contributed by atoms with Gasteiger partial charge in [0.15, 0.2) is 0 Å². The van der Waals surface area contributed by atoms with Crippen LogP contribution in [-0.4, -0.2) is 12.0 Å². The maximum Gasteiger partial charge on any atom is 0.0579 e. The number of rotatable bonds is 4. The summed E-state index contributed by atoms with van der Waals surface area (Å²) >= 11 is 3.51. The Morgan fingerprint density at radius 2 is 2.11 bits per heavy atom. The number of nitrogens with one attached hydrogen (secondary N) is 1. The Balaban J connectivity index is 2.19. The Labute approximate surface area is 117 Å². The van der Waals surface area contributed by atoms with Crippen LogP contribution in [0.15, 0.2) is 47.1 Å². The number of halogens is 1. The first-order chi connectivity index (χ1) is 8.69. The van der Waals surface area contributed by atoms with Crippen LogP contribution >= 0.6 is 15.9 Å². The van der Waals surface area contributed by atoms with Crippen LogP contribution < -0.4 is 5.32 Å². The Hall–Kier alpha value is -1.19. The average molecular weight is 305 g/mol. The van der Waals surface area contributed by atoms with Gasteiger partial charge in [-0.2, -0.15) is 0 Å². The van der Waals surface area contributed by atoms with Crippen LogP contribution in [0.2, 0.25) is 0 Å². The van der Waals surface area contributed by atoms with Crippen molar-refractivity contribution in [2.75, 3.05) is 7.05 Å². The van der Waals surface area contributed by atoms with Crippen molar-refractivity contribution in [2.24, 2.45) is 0 Å². The minimum atomic E-state index is 0.249. The molecule has 0 aliphatic carbocycles. The number of likely N-dealkylation sites (N-methyl/N-ethyl adjacent to an activating group) is 1. The lowest BCUT2D eigenvalue weighted by Gasteiger charge is -2.16. The van der Waals surface area contributed by atoms with Gasteiger partial charge in [0.25, 0.3) is 0 Å². The summed E-state index contributed by atoms with van der Waals surface area (Å²) in [7, 11) is 1.98. The molecule has 0 aliphatic rings. The SMILES string of the molecule is CNC(Cc1cccc(Br)c1)c1cc(C)ccn1. The quantitative estimate of drug-likeness (QED) is 0.932. The van der Waals surface area contributed by atoms with E-state index in [1.165, 1.54) is 11.1 Å². The Morgan fingerprint density at radius 3 is 2.78 bits per heavy atom. The summed E-state index contributed by atoms with van der Waals surface area (Å²) in [5.74, 6) is 0. The van der Waals surface area contributed by atoms with Crippen molar-refractivity contribution in [3.8, 4) is 0 Å². The van der Waals surface area contributed by atoms with Crippen molar-refractivity contribution >= 4 is 15.9 Å². The maximum absolute atomic E-state index is 4.46. The molecule has 18 heavy (non-hydrogen) atoms. The van der Waals surface area contributed by atoms with Crippen molar-refractivity contribution in [1.29, 1.82) is 0 Å². The van der Waals surface area contributed by atoms with Crippen LogP contribution in [0, 0.1) is 6.92 Å². The smallest absolute Gasteiger partial charge is 0.0579 e. The number of pyridine rings is 1. The number of aryl methyl sites for hydroxylation is 1. The minimum Gasteiger partial charge on any atom is -0.311 e. The molecule has 1 aromatic carbocycles. The number of aromatic nitrogens is 1. The monoisotopic (exact) mass is 304 g/mol. The van der Waals surface area contributed by atoms with Gasteiger partial charge in [0.1, 0.15) is 0 Å². The van der Waals surface area contributed by atoms with E-state index in [9.17, 15) is 0 Å². The average Bonchev–Trinajstić information content (AvgIpc) is 2.36. The summed E-state index contributed by atoms with van der Waals surface area (Å²) in [5.41, 5.74) is 3.64. The summed E-state index contributed by atoms with van der Waals surface area (Å²) in [4.78, 5) is 4.46. The zero-order valence-electron chi connectivity index (χ0n) is 10.7. The highest BCUT2D eigenvalue weighted by atomic mass is 79.9. The van der Waals surface area contributed by atoms with Gasteiger partial charge in [-0.3, -0.25) is 4.98 Å². The van der Waals surface area contributed by atoms with Crippen LogP contribution in [0.1, 0.15) is 22.9 Å². The van der Waals surface area contributed by atoms with Crippen LogP contribution in [0.25, 0.3) is 0 Å². The lowest BCUT2D eigenvalue weighted by molar-refractivity contribution is 0.575. The predicted molar refractivity (Wildman–Crippen MR) is 78.6 cm³/mol. The summed E-state index contributed by atoms with van der Waals surface area (Å²) < 4.78 is 1.12. The normalized spacial score (nSPS) is 12.4. The standard InChI is InChI=1S/C15H17BrN2/c1-11-6-7-18-15(8-11)14(17-2)10-12-4-3-5-13(16)9-12/h3-9,14,17H,10H2,1-2H3. The number of nitrogens with zero attached hydrogens (tertiary/aromatic N) is 1. The first-order valence-electron chi connectivity index (χ1n) is 6.03. The van der Waals surface area contributed by atoms with Crippen molar-refractivity contribution in [1.82, 2.24) is 10.3 Å². The van der Waals surface area contributed by atoms with E-state index in [4.69, 9.17) is 0 Å². The lowest BCUT2D eigenvalue weighted by Crippen LogP contribution is -2.20. The second-order valence-corrected chi connectivity index (χ2v) is 5.35. The molecule has 0 spiro atoms. The van der Waals surface area contributed by atoms with Gasteiger partial charge in [-0.05, 0) is 55.8 Å². The maximum atomic E-state index is 4.46. The van der Waals surface area contributed by atoms with E-state index in [0.717, 1.165) is 16.6 Å². The van der Waals surface area contributed by atoms with Gasteiger partial charge in [0.2, 0.25) is 0 Å². The molecule has 2 rings (SSSR count). The number of hydrogen-bond acceptors (Lipinski definition) is 2. The van der Waals surface area contributed by atoms with Gasteiger partial charge in [-0.25, -0.2) is 0 Å². The molecule has 1 unspecified atom stereocenters. The molecule has 0 fully saturated rings. The third-order valence-corrected chi connectivity index (χ3v) is 3.46.